The van der Waals surface area contributed by atoms with E-state index in [1.165, 1.54) is 13.1 Å². The molecule has 1 aromatic rings. The second-order valence-electron chi connectivity index (χ2n) is 5.92. The summed E-state index contributed by atoms with van der Waals surface area (Å²) in [7, 11) is 0. The summed E-state index contributed by atoms with van der Waals surface area (Å²) < 4.78 is 46.6. The summed E-state index contributed by atoms with van der Waals surface area (Å²) in [4.78, 5) is 0. The van der Waals surface area contributed by atoms with Crippen molar-refractivity contribution < 1.29 is 22.6 Å². The van der Waals surface area contributed by atoms with Gasteiger partial charge in [-0.1, -0.05) is 0 Å². The zero-order chi connectivity index (χ0) is 14.6. The van der Waals surface area contributed by atoms with Crippen molar-refractivity contribution in [1.29, 1.82) is 0 Å². The van der Waals surface area contributed by atoms with E-state index in [-0.39, 0.29) is 11.1 Å². The van der Waals surface area contributed by atoms with Crippen molar-refractivity contribution in [3.8, 4) is 5.75 Å². The number of alkyl halides is 3. The number of rotatable bonds is 5. The van der Waals surface area contributed by atoms with Gasteiger partial charge in [0.1, 0.15) is 6.10 Å². The fourth-order valence-electron chi connectivity index (χ4n) is 3.16. The van der Waals surface area contributed by atoms with E-state index >= 15 is 0 Å². The third-order valence-electron chi connectivity index (χ3n) is 3.91. The number of aromatic nitrogens is 2. The Morgan fingerprint density at radius 3 is 2.65 bits per heavy atom. The Kier molecular flexibility index (Phi) is 2.81. The lowest BCUT2D eigenvalue weighted by atomic mass is 9.45. The van der Waals surface area contributed by atoms with Gasteiger partial charge in [0.15, 0.2) is 5.75 Å². The van der Waals surface area contributed by atoms with Crippen LogP contribution in [-0.2, 0) is 10.3 Å². The molecular formula is C12H16F3N3O2. The maximum Gasteiger partial charge on any atom is 0.522 e. The predicted molar refractivity (Wildman–Crippen MR) is 63.1 cm³/mol. The quantitative estimate of drug-likeness (QED) is 0.898. The molecular weight excluding hydrogens is 275 g/mol. The van der Waals surface area contributed by atoms with Crippen molar-refractivity contribution in [2.75, 3.05) is 6.61 Å². The van der Waals surface area contributed by atoms with Crippen LogP contribution in [0.25, 0.3) is 0 Å². The standard InChI is InChI=1S/C12H16F3N3O2/c1-8(4-19-12(13,14)15)20-9-2-17-18(3-9)11-5-10(16,6-11)7-11/h2-3,8H,4-7,16H2,1H3/t8-,10?,11?/m1/s1. The first-order chi connectivity index (χ1) is 9.20. The van der Waals surface area contributed by atoms with Gasteiger partial charge in [-0.05, 0) is 26.2 Å². The second-order valence-corrected chi connectivity index (χ2v) is 5.92. The zero-order valence-corrected chi connectivity index (χ0v) is 11.0. The number of hydrogen-bond donors (Lipinski definition) is 1. The highest BCUT2D eigenvalue weighted by Crippen LogP contribution is 2.63. The minimum absolute atomic E-state index is 0.00205. The van der Waals surface area contributed by atoms with Gasteiger partial charge in [0, 0.05) is 5.54 Å². The van der Waals surface area contributed by atoms with Gasteiger partial charge >= 0.3 is 6.36 Å². The maximum atomic E-state index is 11.9. The van der Waals surface area contributed by atoms with Crippen molar-refractivity contribution in [3.63, 3.8) is 0 Å². The normalized spacial score (nSPS) is 33.2. The van der Waals surface area contributed by atoms with E-state index in [4.69, 9.17) is 10.5 Å². The molecule has 2 bridgehead atoms. The highest BCUT2D eigenvalue weighted by atomic mass is 19.4. The smallest absolute Gasteiger partial charge is 0.485 e. The molecule has 0 aromatic carbocycles. The van der Waals surface area contributed by atoms with Crippen LogP contribution in [0.5, 0.6) is 5.75 Å². The lowest BCUT2D eigenvalue weighted by Gasteiger charge is -2.68. The monoisotopic (exact) mass is 291 g/mol. The van der Waals surface area contributed by atoms with Gasteiger partial charge < -0.3 is 10.5 Å². The average molecular weight is 291 g/mol. The summed E-state index contributed by atoms with van der Waals surface area (Å²) >= 11 is 0. The number of nitrogens with two attached hydrogens (primary N) is 1. The van der Waals surface area contributed by atoms with Gasteiger partial charge in [-0.25, -0.2) is 0 Å². The van der Waals surface area contributed by atoms with Crippen molar-refractivity contribution in [2.45, 2.75) is 49.7 Å². The zero-order valence-electron chi connectivity index (χ0n) is 11.0. The summed E-state index contributed by atoms with van der Waals surface area (Å²) in [5.41, 5.74) is 5.96. The van der Waals surface area contributed by atoms with Crippen LogP contribution >= 0.6 is 0 Å². The minimum Gasteiger partial charge on any atom is -0.485 e. The van der Waals surface area contributed by atoms with Crippen LogP contribution in [0.1, 0.15) is 26.2 Å². The van der Waals surface area contributed by atoms with Crippen LogP contribution < -0.4 is 10.5 Å². The highest BCUT2D eigenvalue weighted by molar-refractivity contribution is 5.27. The van der Waals surface area contributed by atoms with Gasteiger partial charge in [0.2, 0.25) is 0 Å². The number of halogens is 3. The van der Waals surface area contributed by atoms with Crippen molar-refractivity contribution in [1.82, 2.24) is 9.78 Å². The van der Waals surface area contributed by atoms with Crippen LogP contribution in [0, 0.1) is 0 Å². The number of hydrogen-bond acceptors (Lipinski definition) is 4. The first kappa shape index (κ1) is 13.7. The van der Waals surface area contributed by atoms with E-state index < -0.39 is 19.1 Å². The summed E-state index contributed by atoms with van der Waals surface area (Å²) in [6.07, 6.45) is 0.568. The Morgan fingerprint density at radius 2 is 2.10 bits per heavy atom. The van der Waals surface area contributed by atoms with Crippen LogP contribution in [0.4, 0.5) is 13.2 Å². The molecule has 3 saturated carbocycles. The third kappa shape index (κ3) is 2.37. The second kappa shape index (κ2) is 4.11. The van der Waals surface area contributed by atoms with E-state index in [9.17, 15) is 13.2 Å². The topological polar surface area (TPSA) is 62.3 Å². The van der Waals surface area contributed by atoms with Gasteiger partial charge in [-0.15, -0.1) is 13.2 Å². The molecule has 20 heavy (non-hydrogen) atoms. The minimum atomic E-state index is -4.64. The number of ether oxygens (including phenoxy) is 2. The first-order valence-electron chi connectivity index (χ1n) is 6.41. The Labute approximate surface area is 113 Å². The summed E-state index contributed by atoms with van der Waals surface area (Å²) in [6.45, 7) is 0.963. The Bertz CT molecular complexity index is 495. The molecule has 1 aromatic heterocycles. The summed E-state index contributed by atoms with van der Waals surface area (Å²) in [6, 6.07) is 0. The first-order valence-corrected chi connectivity index (χ1v) is 6.41. The SMILES string of the molecule is C[C@H](COC(F)(F)F)Oc1cnn(C23CC(N)(C2)C3)c1. The lowest BCUT2D eigenvalue weighted by Crippen LogP contribution is -2.76. The molecule has 1 heterocycles. The largest absolute Gasteiger partial charge is 0.522 e. The Morgan fingerprint density at radius 1 is 1.45 bits per heavy atom. The molecule has 8 heteroatoms. The number of nitrogens with zero attached hydrogens (tertiary/aromatic N) is 2. The molecule has 0 amide bonds. The van der Waals surface area contributed by atoms with Crippen molar-refractivity contribution in [3.05, 3.63) is 12.4 Å². The predicted octanol–water partition coefficient (Wildman–Crippen LogP) is 1.78. The van der Waals surface area contributed by atoms with E-state index in [1.807, 2.05) is 4.68 Å². The van der Waals surface area contributed by atoms with Crippen LogP contribution in [0.2, 0.25) is 0 Å². The van der Waals surface area contributed by atoms with E-state index in [1.54, 1.807) is 6.20 Å². The molecule has 3 aliphatic carbocycles. The molecule has 4 rings (SSSR count). The molecule has 3 aliphatic rings. The maximum absolute atomic E-state index is 11.9. The molecule has 0 saturated heterocycles. The molecule has 1 atom stereocenters. The summed E-state index contributed by atoms with van der Waals surface area (Å²) in [5, 5.41) is 4.21. The van der Waals surface area contributed by atoms with Gasteiger partial charge in [0.05, 0.1) is 24.5 Å². The third-order valence-corrected chi connectivity index (χ3v) is 3.91. The molecule has 3 fully saturated rings. The van der Waals surface area contributed by atoms with Crippen LogP contribution in [0.3, 0.4) is 0 Å². The molecule has 0 unspecified atom stereocenters. The van der Waals surface area contributed by atoms with Crippen molar-refractivity contribution in [2.24, 2.45) is 5.73 Å². The average Bonchev–Trinajstić information content (AvgIpc) is 2.68. The Balaban J connectivity index is 1.53. The van der Waals surface area contributed by atoms with Crippen LogP contribution in [-0.4, -0.2) is 34.4 Å². The van der Waals surface area contributed by atoms with Gasteiger partial charge in [0.25, 0.3) is 0 Å². The summed E-state index contributed by atoms with van der Waals surface area (Å²) in [5.74, 6) is 0.444. The fourth-order valence-corrected chi connectivity index (χ4v) is 3.16. The highest BCUT2D eigenvalue weighted by Gasteiger charge is 2.67. The van der Waals surface area contributed by atoms with E-state index in [0.717, 1.165) is 19.3 Å². The molecule has 2 N–H and O–H groups in total. The fraction of sp³-hybridized carbons (Fsp3) is 0.750. The van der Waals surface area contributed by atoms with E-state index in [0.29, 0.717) is 5.75 Å². The Hall–Kier alpha value is -1.28. The van der Waals surface area contributed by atoms with Crippen LogP contribution in [0.15, 0.2) is 12.4 Å². The van der Waals surface area contributed by atoms with Gasteiger partial charge in [-0.2, -0.15) is 5.10 Å². The van der Waals surface area contributed by atoms with Gasteiger partial charge in [-0.3, -0.25) is 9.42 Å². The molecule has 112 valence electrons. The molecule has 0 spiro atoms. The lowest BCUT2D eigenvalue weighted by molar-refractivity contribution is -0.329. The molecule has 0 aliphatic heterocycles. The van der Waals surface area contributed by atoms with E-state index in [2.05, 4.69) is 9.84 Å². The van der Waals surface area contributed by atoms with Crippen molar-refractivity contribution >= 4 is 0 Å². The molecule has 5 nitrogen and oxygen atoms in total. The molecule has 0 radical (unpaired) electrons.